The Kier molecular flexibility index (Phi) is 5.20. The highest BCUT2D eigenvalue weighted by Gasteiger charge is 2.28. The maximum Gasteiger partial charge on any atom is 0.319 e. The zero-order valence-corrected chi connectivity index (χ0v) is 10.4. The molecule has 0 aromatic heterocycles. The van der Waals surface area contributed by atoms with Crippen molar-refractivity contribution in [2.75, 3.05) is 18.5 Å². The maximum atomic E-state index is 13.3. The van der Waals surface area contributed by atoms with Gasteiger partial charge in [-0.05, 0) is 18.6 Å². The third kappa shape index (κ3) is 3.87. The number of amides is 2. The molecule has 0 aliphatic carbocycles. The minimum absolute atomic E-state index is 0.195. The number of benzene rings is 1. The van der Waals surface area contributed by atoms with Gasteiger partial charge >= 0.3 is 6.03 Å². The Morgan fingerprint density at radius 2 is 1.95 bits per heavy atom. The Hall–Kier alpha value is -1.73. The average Bonchev–Trinajstić information content (AvgIpc) is 2.39. The van der Waals surface area contributed by atoms with Crippen molar-refractivity contribution < 1.29 is 23.8 Å². The number of aliphatic hydroxyl groups excluding tert-OH is 2. The summed E-state index contributed by atoms with van der Waals surface area (Å²) in [6.07, 6.45) is 0.291. The van der Waals surface area contributed by atoms with Gasteiger partial charge in [0.05, 0.1) is 24.4 Å². The van der Waals surface area contributed by atoms with Crippen LogP contribution in [0.4, 0.5) is 19.3 Å². The number of hydrogen-bond acceptors (Lipinski definition) is 3. The molecular weight excluding hydrogens is 258 g/mol. The molecule has 0 fully saturated rings. The fraction of sp³-hybridized carbons (Fsp3) is 0.417. The first-order chi connectivity index (χ1) is 8.96. The van der Waals surface area contributed by atoms with Crippen molar-refractivity contribution >= 4 is 11.7 Å². The highest BCUT2D eigenvalue weighted by atomic mass is 19.1. The quantitative estimate of drug-likeness (QED) is 0.651. The molecule has 5 nitrogen and oxygen atoms in total. The van der Waals surface area contributed by atoms with E-state index < -0.39 is 36.4 Å². The van der Waals surface area contributed by atoms with Crippen molar-refractivity contribution in [3.05, 3.63) is 29.8 Å². The van der Waals surface area contributed by atoms with Crippen LogP contribution in [0.2, 0.25) is 0 Å². The number of rotatable bonds is 5. The molecule has 4 N–H and O–H groups in total. The van der Waals surface area contributed by atoms with Crippen molar-refractivity contribution in [1.29, 1.82) is 0 Å². The van der Waals surface area contributed by atoms with Gasteiger partial charge in [-0.15, -0.1) is 0 Å². The maximum absolute atomic E-state index is 13.3. The van der Waals surface area contributed by atoms with Crippen molar-refractivity contribution in [1.82, 2.24) is 5.32 Å². The number of nitrogens with one attached hydrogen (secondary N) is 2. The molecule has 7 heteroatoms. The van der Waals surface area contributed by atoms with Gasteiger partial charge in [-0.25, -0.2) is 13.6 Å². The molecule has 0 radical (unpaired) electrons. The molecule has 106 valence electrons. The van der Waals surface area contributed by atoms with Gasteiger partial charge in [0, 0.05) is 6.07 Å². The molecule has 19 heavy (non-hydrogen) atoms. The molecular formula is C12H16F2N2O3. The number of halogens is 2. The molecule has 0 aliphatic heterocycles. The van der Waals surface area contributed by atoms with Crippen LogP contribution in [-0.2, 0) is 0 Å². The first-order valence-electron chi connectivity index (χ1n) is 5.72. The first kappa shape index (κ1) is 15.3. The highest BCUT2D eigenvalue weighted by Crippen LogP contribution is 2.15. The number of carbonyl (C=O) groups is 1. The van der Waals surface area contributed by atoms with E-state index in [2.05, 4.69) is 10.6 Å². The number of urea groups is 1. The van der Waals surface area contributed by atoms with Crippen LogP contribution in [0.25, 0.3) is 0 Å². The average molecular weight is 274 g/mol. The summed E-state index contributed by atoms with van der Waals surface area (Å²) in [6.45, 7) is 0.754. The summed E-state index contributed by atoms with van der Waals surface area (Å²) >= 11 is 0. The van der Waals surface area contributed by atoms with Crippen LogP contribution in [0.3, 0.4) is 0 Å². The lowest BCUT2D eigenvalue weighted by Crippen LogP contribution is -2.55. The van der Waals surface area contributed by atoms with Crippen LogP contribution in [0.5, 0.6) is 0 Å². The summed E-state index contributed by atoms with van der Waals surface area (Å²) in [5.74, 6) is -1.66. The Bertz CT molecular complexity index is 442. The van der Waals surface area contributed by atoms with Crippen LogP contribution in [-0.4, -0.2) is 35.0 Å². The van der Waals surface area contributed by atoms with Gasteiger partial charge in [0.2, 0.25) is 0 Å². The Morgan fingerprint density at radius 3 is 2.42 bits per heavy atom. The van der Waals surface area contributed by atoms with E-state index in [1.54, 1.807) is 6.92 Å². The van der Waals surface area contributed by atoms with E-state index >= 15 is 0 Å². The van der Waals surface area contributed by atoms with Gasteiger partial charge in [-0.3, -0.25) is 0 Å². The van der Waals surface area contributed by atoms with Crippen molar-refractivity contribution in [2.24, 2.45) is 0 Å². The van der Waals surface area contributed by atoms with Gasteiger partial charge in [0.25, 0.3) is 0 Å². The standard InChI is InChI=1S/C12H16F2N2O3/c1-2-12(6-17,7-18)16-11(19)15-10-4-3-8(13)5-9(10)14/h3-5,17-18H,2,6-7H2,1H3,(H2,15,16,19). The molecule has 0 aliphatic rings. The number of anilines is 1. The zero-order valence-electron chi connectivity index (χ0n) is 10.4. The lowest BCUT2D eigenvalue weighted by Gasteiger charge is -2.29. The van der Waals surface area contributed by atoms with Gasteiger partial charge in [0.1, 0.15) is 11.6 Å². The van der Waals surface area contributed by atoms with Gasteiger partial charge in [0.15, 0.2) is 0 Å². The van der Waals surface area contributed by atoms with Crippen LogP contribution < -0.4 is 10.6 Å². The molecule has 2 amide bonds. The predicted octanol–water partition coefficient (Wildman–Crippen LogP) is 1.22. The second-order valence-electron chi connectivity index (χ2n) is 4.15. The third-order valence-electron chi connectivity index (χ3n) is 2.84. The van der Waals surface area contributed by atoms with Crippen molar-refractivity contribution in [3.63, 3.8) is 0 Å². The van der Waals surface area contributed by atoms with E-state index in [0.717, 1.165) is 12.1 Å². The van der Waals surface area contributed by atoms with E-state index in [-0.39, 0.29) is 5.69 Å². The van der Waals surface area contributed by atoms with E-state index in [1.807, 2.05) is 0 Å². The van der Waals surface area contributed by atoms with Gasteiger partial charge in [-0.2, -0.15) is 0 Å². The van der Waals surface area contributed by atoms with Crippen LogP contribution in [0, 0.1) is 11.6 Å². The first-order valence-corrected chi connectivity index (χ1v) is 5.72. The molecule has 0 atom stereocenters. The summed E-state index contributed by atoms with van der Waals surface area (Å²) in [5.41, 5.74) is -1.37. The summed E-state index contributed by atoms with van der Waals surface area (Å²) < 4.78 is 26.0. The number of aliphatic hydroxyl groups is 2. The SMILES string of the molecule is CCC(CO)(CO)NC(=O)Nc1ccc(F)cc1F. The molecule has 0 spiro atoms. The topological polar surface area (TPSA) is 81.6 Å². The Labute approximate surface area is 109 Å². The fourth-order valence-corrected chi connectivity index (χ4v) is 1.43. The highest BCUT2D eigenvalue weighted by molar-refractivity contribution is 5.89. The smallest absolute Gasteiger partial charge is 0.319 e. The molecule has 1 aromatic carbocycles. The van der Waals surface area contributed by atoms with Crippen LogP contribution in [0.1, 0.15) is 13.3 Å². The predicted molar refractivity (Wildman–Crippen MR) is 65.7 cm³/mol. The molecule has 1 aromatic rings. The van der Waals surface area contributed by atoms with Crippen LogP contribution in [0.15, 0.2) is 18.2 Å². The number of hydrogen-bond donors (Lipinski definition) is 4. The van der Waals surface area contributed by atoms with E-state index in [1.165, 1.54) is 0 Å². The molecule has 0 saturated carbocycles. The normalized spacial score (nSPS) is 11.2. The summed E-state index contributed by atoms with van der Waals surface area (Å²) in [6, 6.07) is 1.93. The van der Waals surface area contributed by atoms with E-state index in [9.17, 15) is 13.6 Å². The lowest BCUT2D eigenvalue weighted by atomic mass is 9.99. The summed E-state index contributed by atoms with van der Waals surface area (Å²) in [4.78, 5) is 11.6. The summed E-state index contributed by atoms with van der Waals surface area (Å²) in [7, 11) is 0. The Morgan fingerprint density at radius 1 is 1.32 bits per heavy atom. The second kappa shape index (κ2) is 6.44. The lowest BCUT2D eigenvalue weighted by molar-refractivity contribution is 0.0955. The molecule has 0 heterocycles. The third-order valence-corrected chi connectivity index (χ3v) is 2.84. The monoisotopic (exact) mass is 274 g/mol. The fourth-order valence-electron chi connectivity index (χ4n) is 1.43. The molecule has 0 unspecified atom stereocenters. The molecule has 1 rings (SSSR count). The molecule has 0 bridgehead atoms. The second-order valence-corrected chi connectivity index (χ2v) is 4.15. The van der Waals surface area contributed by atoms with Gasteiger partial charge < -0.3 is 20.8 Å². The minimum Gasteiger partial charge on any atom is -0.394 e. The van der Waals surface area contributed by atoms with E-state index in [4.69, 9.17) is 10.2 Å². The minimum atomic E-state index is -1.18. The molecule has 0 saturated heterocycles. The zero-order chi connectivity index (χ0) is 14.5. The van der Waals surface area contributed by atoms with Gasteiger partial charge in [-0.1, -0.05) is 6.92 Å². The largest absolute Gasteiger partial charge is 0.394 e. The Balaban J connectivity index is 2.74. The van der Waals surface area contributed by atoms with E-state index in [0.29, 0.717) is 12.5 Å². The summed E-state index contributed by atoms with van der Waals surface area (Å²) in [5, 5.41) is 22.9. The van der Waals surface area contributed by atoms with Crippen molar-refractivity contribution in [3.8, 4) is 0 Å². The number of carbonyl (C=O) groups excluding carboxylic acids is 1. The van der Waals surface area contributed by atoms with Crippen molar-refractivity contribution in [2.45, 2.75) is 18.9 Å². The van der Waals surface area contributed by atoms with Crippen LogP contribution >= 0.6 is 0 Å².